The van der Waals surface area contributed by atoms with Crippen LogP contribution in [0.15, 0.2) is 22.7 Å². The maximum atomic E-state index is 11.8. The van der Waals surface area contributed by atoms with Crippen molar-refractivity contribution >= 4 is 27.8 Å². The molecule has 0 saturated carbocycles. The highest BCUT2D eigenvalue weighted by Crippen LogP contribution is 2.15. The van der Waals surface area contributed by atoms with Crippen LogP contribution >= 0.6 is 15.9 Å². The van der Waals surface area contributed by atoms with E-state index < -0.39 is 17.5 Å². The van der Waals surface area contributed by atoms with Gasteiger partial charge < -0.3 is 15.5 Å². The molecule has 0 radical (unpaired) electrons. The summed E-state index contributed by atoms with van der Waals surface area (Å²) in [5.74, 6) is -1.79. The molecule has 0 heterocycles. The third kappa shape index (κ3) is 3.54. The van der Waals surface area contributed by atoms with Gasteiger partial charge in [-0.3, -0.25) is 4.79 Å². The second kappa shape index (κ2) is 5.49. The third-order valence-electron chi connectivity index (χ3n) is 2.49. The van der Waals surface area contributed by atoms with Gasteiger partial charge in [-0.15, -0.1) is 0 Å². The summed E-state index contributed by atoms with van der Waals surface area (Å²) in [5, 5.41) is 20.6. The molecular weight excluding hydrogens is 302 g/mol. The van der Waals surface area contributed by atoms with E-state index in [4.69, 9.17) is 5.11 Å². The fourth-order valence-electron chi connectivity index (χ4n) is 1.31. The fraction of sp³-hybridized carbons (Fsp3) is 0.333. The van der Waals surface area contributed by atoms with Crippen molar-refractivity contribution in [3.05, 3.63) is 33.8 Å². The Bertz CT molecular complexity index is 485. The first-order chi connectivity index (χ1) is 8.24. The maximum Gasteiger partial charge on any atom is 0.337 e. The fourth-order valence-corrected chi connectivity index (χ4v) is 1.78. The number of nitrogens with one attached hydrogen (secondary N) is 1. The molecule has 0 aliphatic heterocycles. The minimum Gasteiger partial charge on any atom is -0.479 e. The van der Waals surface area contributed by atoms with E-state index in [1.54, 1.807) is 25.1 Å². The van der Waals surface area contributed by atoms with E-state index in [1.165, 1.54) is 0 Å². The van der Waals surface area contributed by atoms with E-state index in [9.17, 15) is 14.7 Å². The van der Waals surface area contributed by atoms with E-state index in [-0.39, 0.29) is 6.54 Å². The van der Waals surface area contributed by atoms with Crippen LogP contribution in [-0.4, -0.2) is 34.2 Å². The number of aliphatic carboxylic acids is 1. The van der Waals surface area contributed by atoms with Crippen LogP contribution in [0.2, 0.25) is 0 Å². The summed E-state index contributed by atoms with van der Waals surface area (Å²) >= 11 is 3.29. The number of aryl methyl sites for hydroxylation is 1. The SMILES string of the molecule is Cc1cc(Br)ccc1C(=O)NCC(C)(O)C(=O)O. The summed E-state index contributed by atoms with van der Waals surface area (Å²) in [6.45, 7) is 2.55. The summed E-state index contributed by atoms with van der Waals surface area (Å²) in [7, 11) is 0. The topological polar surface area (TPSA) is 86.6 Å². The average molecular weight is 316 g/mol. The number of amides is 1. The van der Waals surface area contributed by atoms with Gasteiger partial charge in [0.05, 0.1) is 6.54 Å². The van der Waals surface area contributed by atoms with Crippen molar-refractivity contribution < 1.29 is 19.8 Å². The number of hydrogen-bond acceptors (Lipinski definition) is 3. The summed E-state index contributed by atoms with van der Waals surface area (Å²) in [6.07, 6.45) is 0. The Kier molecular flexibility index (Phi) is 4.48. The number of carboxylic acids is 1. The van der Waals surface area contributed by atoms with Crippen molar-refractivity contribution in [3.8, 4) is 0 Å². The van der Waals surface area contributed by atoms with Crippen molar-refractivity contribution in [2.24, 2.45) is 0 Å². The molecule has 0 aliphatic rings. The molecule has 0 aromatic heterocycles. The maximum absolute atomic E-state index is 11.8. The third-order valence-corrected chi connectivity index (χ3v) is 2.98. The zero-order valence-corrected chi connectivity index (χ0v) is 11.6. The molecule has 3 N–H and O–H groups in total. The molecule has 98 valence electrons. The highest BCUT2D eigenvalue weighted by molar-refractivity contribution is 9.10. The predicted octanol–water partition coefficient (Wildman–Crippen LogP) is 1.32. The number of aliphatic hydroxyl groups is 1. The zero-order valence-electron chi connectivity index (χ0n) is 10.0. The van der Waals surface area contributed by atoms with Gasteiger partial charge in [0.2, 0.25) is 0 Å². The summed E-state index contributed by atoms with van der Waals surface area (Å²) in [6, 6.07) is 5.13. The van der Waals surface area contributed by atoms with Crippen LogP contribution < -0.4 is 5.32 Å². The van der Waals surface area contributed by atoms with Gasteiger partial charge in [-0.25, -0.2) is 4.79 Å². The van der Waals surface area contributed by atoms with Crippen molar-refractivity contribution in [2.45, 2.75) is 19.4 Å². The predicted molar refractivity (Wildman–Crippen MR) is 69.5 cm³/mol. The van der Waals surface area contributed by atoms with Gasteiger partial charge in [0.25, 0.3) is 5.91 Å². The van der Waals surface area contributed by atoms with Crippen molar-refractivity contribution in [1.29, 1.82) is 0 Å². The summed E-state index contributed by atoms with van der Waals surface area (Å²) in [5.41, 5.74) is -0.768. The first kappa shape index (κ1) is 14.7. The van der Waals surface area contributed by atoms with E-state index in [2.05, 4.69) is 21.2 Å². The Balaban J connectivity index is 2.75. The first-order valence-electron chi connectivity index (χ1n) is 5.24. The molecule has 18 heavy (non-hydrogen) atoms. The van der Waals surface area contributed by atoms with Gasteiger partial charge in [0.15, 0.2) is 5.60 Å². The quantitative estimate of drug-likeness (QED) is 0.782. The Morgan fingerprint density at radius 1 is 1.44 bits per heavy atom. The number of rotatable bonds is 4. The van der Waals surface area contributed by atoms with Crippen LogP contribution in [-0.2, 0) is 4.79 Å². The van der Waals surface area contributed by atoms with Gasteiger partial charge >= 0.3 is 5.97 Å². The second-order valence-corrected chi connectivity index (χ2v) is 5.14. The van der Waals surface area contributed by atoms with E-state index in [0.717, 1.165) is 17.0 Å². The number of carboxylic acid groups (broad SMARTS) is 1. The minimum atomic E-state index is -1.97. The standard InChI is InChI=1S/C12H14BrNO4/c1-7-5-8(13)3-4-9(7)10(15)14-6-12(2,18)11(16)17/h3-5,18H,6H2,1-2H3,(H,14,15)(H,16,17). The lowest BCUT2D eigenvalue weighted by Gasteiger charge is -2.18. The Hall–Kier alpha value is -1.40. The van der Waals surface area contributed by atoms with Crippen LogP contribution in [0.3, 0.4) is 0 Å². The summed E-state index contributed by atoms with van der Waals surface area (Å²) < 4.78 is 0.856. The molecule has 0 bridgehead atoms. The van der Waals surface area contributed by atoms with Gasteiger partial charge in [-0.1, -0.05) is 15.9 Å². The number of benzene rings is 1. The van der Waals surface area contributed by atoms with Gasteiger partial charge in [-0.2, -0.15) is 0 Å². The van der Waals surface area contributed by atoms with Crippen LogP contribution in [0, 0.1) is 6.92 Å². The zero-order chi connectivity index (χ0) is 13.9. The van der Waals surface area contributed by atoms with Crippen LogP contribution in [0.1, 0.15) is 22.8 Å². The highest BCUT2D eigenvalue weighted by Gasteiger charge is 2.30. The number of halogens is 1. The molecule has 5 nitrogen and oxygen atoms in total. The summed E-state index contributed by atoms with van der Waals surface area (Å²) in [4.78, 5) is 22.5. The number of carbonyl (C=O) groups is 2. The monoisotopic (exact) mass is 315 g/mol. The number of carbonyl (C=O) groups excluding carboxylic acids is 1. The molecule has 6 heteroatoms. The molecule has 1 amide bonds. The molecular formula is C12H14BrNO4. The molecule has 1 unspecified atom stereocenters. The van der Waals surface area contributed by atoms with Crippen LogP contribution in [0.5, 0.6) is 0 Å². The van der Waals surface area contributed by atoms with Crippen LogP contribution in [0.25, 0.3) is 0 Å². The van der Waals surface area contributed by atoms with E-state index >= 15 is 0 Å². The molecule has 1 aromatic carbocycles. The lowest BCUT2D eigenvalue weighted by Crippen LogP contribution is -2.46. The molecule has 0 aliphatic carbocycles. The van der Waals surface area contributed by atoms with Gasteiger partial charge in [-0.05, 0) is 37.6 Å². The smallest absolute Gasteiger partial charge is 0.337 e. The van der Waals surface area contributed by atoms with E-state index in [1.807, 2.05) is 0 Å². The largest absolute Gasteiger partial charge is 0.479 e. The van der Waals surface area contributed by atoms with E-state index in [0.29, 0.717) is 5.56 Å². The van der Waals surface area contributed by atoms with Crippen molar-refractivity contribution in [2.75, 3.05) is 6.54 Å². The van der Waals surface area contributed by atoms with Crippen LogP contribution in [0.4, 0.5) is 0 Å². The molecule has 1 rings (SSSR count). The lowest BCUT2D eigenvalue weighted by atomic mass is 10.1. The molecule has 0 spiro atoms. The first-order valence-corrected chi connectivity index (χ1v) is 6.03. The Labute approximate surface area is 113 Å². The van der Waals surface area contributed by atoms with Gasteiger partial charge in [0.1, 0.15) is 0 Å². The molecule has 1 atom stereocenters. The Morgan fingerprint density at radius 3 is 2.56 bits per heavy atom. The second-order valence-electron chi connectivity index (χ2n) is 4.22. The number of hydrogen-bond donors (Lipinski definition) is 3. The highest BCUT2D eigenvalue weighted by atomic mass is 79.9. The van der Waals surface area contributed by atoms with Gasteiger partial charge in [0, 0.05) is 10.0 Å². The molecule has 1 aromatic rings. The molecule has 0 fully saturated rings. The Morgan fingerprint density at radius 2 is 2.06 bits per heavy atom. The normalized spacial score (nSPS) is 13.8. The lowest BCUT2D eigenvalue weighted by molar-refractivity contribution is -0.155. The average Bonchev–Trinajstić information content (AvgIpc) is 2.25. The molecule has 0 saturated heterocycles. The van der Waals surface area contributed by atoms with Crippen molar-refractivity contribution in [3.63, 3.8) is 0 Å². The minimum absolute atomic E-state index is 0.351. The van der Waals surface area contributed by atoms with Crippen molar-refractivity contribution in [1.82, 2.24) is 5.32 Å².